The molecule has 0 unspecified atom stereocenters. The van der Waals surface area contributed by atoms with Crippen molar-refractivity contribution in [3.05, 3.63) is 119 Å². The number of nitrogens with one attached hydrogen (secondary N) is 4. The van der Waals surface area contributed by atoms with Crippen LogP contribution in [0, 0.1) is 5.41 Å². The predicted molar refractivity (Wildman–Crippen MR) is 250 cm³/mol. The summed E-state index contributed by atoms with van der Waals surface area (Å²) in [4.78, 5) is 14.5. The van der Waals surface area contributed by atoms with E-state index in [9.17, 15) is 34.8 Å². The third-order valence-electron chi connectivity index (χ3n) is 12.5. The fourth-order valence-corrected chi connectivity index (χ4v) is 12.2. The average Bonchev–Trinajstić information content (AvgIpc) is 3.84. The molecule has 7 rings (SSSR count). The standard InChI is InChI=1S/C47H55ClF3N5O5S3/c1-46(2)24-22-42(32-8-12-35(48)13-9-32)34(29-46)30-52-25-26-53-36-14-10-33(11-15-36)45(57)55-64(60,61)41-20-21-43(44(28-41)63(58,59)47(49,50)51)54-37(31-62-40-6-4-3-5-7-40)23-27-56-38-16-17-39(56)19-18-38/h3-15,20-21,28,37-39,52-54H,16-19,22-27,29-31H2,1-2H3,(H,55,57)/t37-,38?,39?/m1/s1. The molecule has 2 saturated heterocycles. The fourth-order valence-electron chi connectivity index (χ4n) is 9.05. The summed E-state index contributed by atoms with van der Waals surface area (Å²) in [6, 6.07) is 26.4. The molecule has 4 N–H and O–H groups in total. The van der Waals surface area contributed by atoms with E-state index in [1.165, 1.54) is 40.6 Å². The van der Waals surface area contributed by atoms with Crippen LogP contribution in [0.1, 0.15) is 81.1 Å². The van der Waals surface area contributed by atoms with Gasteiger partial charge in [-0.15, -0.1) is 11.8 Å². The maximum absolute atomic E-state index is 14.2. The first-order valence-corrected chi connectivity index (χ1v) is 26.0. The number of thioether (sulfide) groups is 1. The third kappa shape index (κ3) is 11.8. The van der Waals surface area contributed by atoms with Gasteiger partial charge in [0.15, 0.2) is 0 Å². The van der Waals surface area contributed by atoms with Gasteiger partial charge in [-0.25, -0.2) is 21.6 Å². The van der Waals surface area contributed by atoms with E-state index in [0.29, 0.717) is 60.7 Å². The number of fused-ring (bicyclic) bond motifs is 2. The number of carbonyl (C=O) groups is 1. The van der Waals surface area contributed by atoms with E-state index in [4.69, 9.17) is 11.6 Å². The minimum absolute atomic E-state index is 0.0274. The number of sulfone groups is 1. The van der Waals surface area contributed by atoms with Crippen molar-refractivity contribution >= 4 is 66.1 Å². The molecule has 64 heavy (non-hydrogen) atoms. The summed E-state index contributed by atoms with van der Waals surface area (Å²) in [5.41, 5.74) is -1.34. The molecule has 4 aromatic rings. The Hall–Kier alpha value is -4.06. The Kier molecular flexibility index (Phi) is 15.1. The van der Waals surface area contributed by atoms with Gasteiger partial charge in [-0.2, -0.15) is 13.2 Å². The molecular formula is C47H55ClF3N5O5S3. The summed E-state index contributed by atoms with van der Waals surface area (Å²) in [6.07, 6.45) is 8.02. The maximum Gasteiger partial charge on any atom is 0.501 e. The lowest BCUT2D eigenvalue weighted by Gasteiger charge is -2.34. The van der Waals surface area contributed by atoms with Crippen LogP contribution >= 0.6 is 23.4 Å². The van der Waals surface area contributed by atoms with Gasteiger partial charge in [0, 0.05) is 71.2 Å². The molecule has 1 atom stereocenters. The number of hydrogen-bond acceptors (Lipinski definition) is 10. The van der Waals surface area contributed by atoms with Gasteiger partial charge in [0.1, 0.15) is 4.90 Å². The molecule has 2 fully saturated rings. The monoisotopic (exact) mass is 957 g/mol. The van der Waals surface area contributed by atoms with Crippen LogP contribution in [0.5, 0.6) is 0 Å². The van der Waals surface area contributed by atoms with E-state index in [2.05, 4.69) is 46.8 Å². The molecule has 0 aromatic heterocycles. The van der Waals surface area contributed by atoms with E-state index < -0.39 is 47.1 Å². The second-order valence-corrected chi connectivity index (χ2v) is 22.7. The molecule has 0 radical (unpaired) electrons. The lowest BCUT2D eigenvalue weighted by molar-refractivity contribution is -0.0435. The molecule has 344 valence electrons. The number of sulfonamides is 1. The van der Waals surface area contributed by atoms with Gasteiger partial charge in [-0.3, -0.25) is 9.69 Å². The molecule has 3 aliphatic rings. The first-order chi connectivity index (χ1) is 30.4. The fraction of sp³-hybridized carbons (Fsp3) is 0.426. The number of anilines is 2. The lowest BCUT2D eigenvalue weighted by Crippen LogP contribution is -2.35. The van der Waals surface area contributed by atoms with Crippen molar-refractivity contribution in [2.24, 2.45) is 5.41 Å². The molecule has 1 amide bonds. The van der Waals surface area contributed by atoms with Crippen LogP contribution in [0.3, 0.4) is 0 Å². The van der Waals surface area contributed by atoms with Crippen molar-refractivity contribution in [3.63, 3.8) is 0 Å². The number of amides is 1. The molecule has 2 aliphatic heterocycles. The van der Waals surface area contributed by atoms with Crippen LogP contribution in [0.4, 0.5) is 24.5 Å². The highest BCUT2D eigenvalue weighted by molar-refractivity contribution is 7.99. The van der Waals surface area contributed by atoms with Gasteiger partial charge < -0.3 is 16.0 Å². The van der Waals surface area contributed by atoms with Crippen LogP contribution in [0.2, 0.25) is 5.02 Å². The Morgan fingerprint density at radius 3 is 2.22 bits per heavy atom. The molecule has 0 spiro atoms. The second kappa shape index (κ2) is 20.2. The van der Waals surface area contributed by atoms with E-state index in [1.54, 1.807) is 12.1 Å². The molecule has 1 aliphatic carbocycles. The van der Waals surface area contributed by atoms with E-state index in [0.717, 1.165) is 68.5 Å². The highest BCUT2D eigenvalue weighted by Crippen LogP contribution is 2.43. The predicted octanol–water partition coefficient (Wildman–Crippen LogP) is 10.0. The van der Waals surface area contributed by atoms with Crippen LogP contribution < -0.4 is 20.7 Å². The van der Waals surface area contributed by atoms with Crippen LogP contribution in [0.15, 0.2) is 117 Å². The number of benzene rings is 4. The van der Waals surface area contributed by atoms with Crippen molar-refractivity contribution in [3.8, 4) is 0 Å². The van der Waals surface area contributed by atoms with E-state index in [-0.39, 0.29) is 16.7 Å². The Balaban J connectivity index is 0.991. The zero-order chi connectivity index (χ0) is 45.7. The first-order valence-electron chi connectivity index (χ1n) is 21.6. The maximum atomic E-state index is 14.2. The number of allylic oxidation sites excluding steroid dienone is 1. The van der Waals surface area contributed by atoms with Crippen molar-refractivity contribution in [1.82, 2.24) is 14.9 Å². The Morgan fingerprint density at radius 2 is 1.56 bits per heavy atom. The number of nitrogens with zero attached hydrogens (tertiary/aromatic N) is 1. The number of halogens is 4. The molecule has 17 heteroatoms. The zero-order valence-electron chi connectivity index (χ0n) is 35.9. The van der Waals surface area contributed by atoms with Crippen LogP contribution in [-0.4, -0.2) is 83.2 Å². The quantitative estimate of drug-likeness (QED) is 0.0531. The van der Waals surface area contributed by atoms with Gasteiger partial charge in [0.05, 0.1) is 10.6 Å². The van der Waals surface area contributed by atoms with Crippen LogP contribution in [0.25, 0.3) is 5.57 Å². The highest BCUT2D eigenvalue weighted by atomic mass is 35.5. The summed E-state index contributed by atoms with van der Waals surface area (Å²) >= 11 is 7.62. The summed E-state index contributed by atoms with van der Waals surface area (Å²) in [6.45, 7) is 7.18. The van der Waals surface area contributed by atoms with E-state index >= 15 is 0 Å². The zero-order valence-corrected chi connectivity index (χ0v) is 39.1. The van der Waals surface area contributed by atoms with Gasteiger partial charge >= 0.3 is 5.51 Å². The Bertz CT molecular complexity index is 2510. The normalized spacial score (nSPS) is 19.4. The lowest BCUT2D eigenvalue weighted by atomic mass is 9.73. The number of alkyl halides is 3. The smallest absolute Gasteiger partial charge is 0.384 e. The topological polar surface area (TPSA) is 137 Å². The SMILES string of the molecule is CC1(C)CCC(c2ccc(Cl)cc2)=C(CNCCNc2ccc(C(=O)NS(=O)(=O)c3ccc(N[C@H](CCN4C5CCC4CC5)CSc4ccccc4)c(S(=O)(=O)C(F)(F)F)c3)cc2)C1. The molecule has 2 heterocycles. The molecule has 4 aromatic carbocycles. The minimum atomic E-state index is -6.04. The largest absolute Gasteiger partial charge is 0.501 e. The second-order valence-electron chi connectivity index (χ2n) is 17.6. The van der Waals surface area contributed by atoms with E-state index in [1.807, 2.05) is 47.2 Å². The number of hydrogen-bond donors (Lipinski definition) is 4. The summed E-state index contributed by atoms with van der Waals surface area (Å²) in [5.74, 6) is -0.631. The minimum Gasteiger partial charge on any atom is -0.384 e. The van der Waals surface area contributed by atoms with Crippen LogP contribution in [-0.2, 0) is 19.9 Å². The number of carbonyl (C=O) groups excluding carboxylic acids is 1. The van der Waals surface area contributed by atoms with Gasteiger partial charge in [-0.1, -0.05) is 61.4 Å². The van der Waals surface area contributed by atoms with Crippen molar-refractivity contribution in [2.45, 2.75) is 104 Å². The van der Waals surface area contributed by atoms with Crippen molar-refractivity contribution in [1.29, 1.82) is 0 Å². The average molecular weight is 959 g/mol. The molecule has 0 saturated carbocycles. The van der Waals surface area contributed by atoms with Gasteiger partial charge in [0.2, 0.25) is 0 Å². The molecular weight excluding hydrogens is 903 g/mol. The van der Waals surface area contributed by atoms with Gasteiger partial charge in [0.25, 0.3) is 25.8 Å². The Morgan fingerprint density at radius 1 is 0.891 bits per heavy atom. The van der Waals surface area contributed by atoms with Gasteiger partial charge in [-0.05, 0) is 135 Å². The molecule has 2 bridgehead atoms. The molecule has 10 nitrogen and oxygen atoms in total. The third-order valence-corrected chi connectivity index (χ3v) is 16.7. The first kappa shape index (κ1) is 47.9. The summed E-state index contributed by atoms with van der Waals surface area (Å²) < 4.78 is 97.6. The summed E-state index contributed by atoms with van der Waals surface area (Å²) in [7, 11) is -10.9. The number of rotatable bonds is 19. The Labute approximate surface area is 384 Å². The summed E-state index contributed by atoms with van der Waals surface area (Å²) in [5, 5.41) is 10.6. The van der Waals surface area contributed by atoms with Crippen molar-refractivity contribution < 1.29 is 34.8 Å². The highest BCUT2D eigenvalue weighted by Gasteiger charge is 2.48. The van der Waals surface area contributed by atoms with Crippen molar-refractivity contribution in [2.75, 3.05) is 42.6 Å².